The lowest BCUT2D eigenvalue weighted by Gasteiger charge is -2.10. The van der Waals surface area contributed by atoms with Gasteiger partial charge in [-0.3, -0.25) is 10.7 Å². The maximum atomic E-state index is 11.9. The minimum Gasteiger partial charge on any atom is -0.493 e. The van der Waals surface area contributed by atoms with E-state index in [0.29, 0.717) is 17.0 Å². The van der Waals surface area contributed by atoms with E-state index in [0.717, 1.165) is 0 Å². The quantitative estimate of drug-likeness (QED) is 0.438. The number of nitrogens with one attached hydrogen (secondary N) is 2. The number of nitrogens with zero attached hydrogens (tertiary/aromatic N) is 1. The smallest absolute Gasteiger partial charge is 0.417 e. The van der Waals surface area contributed by atoms with Crippen molar-refractivity contribution in [3.8, 4) is 11.5 Å². The van der Waals surface area contributed by atoms with Crippen molar-refractivity contribution in [2.75, 3.05) is 12.4 Å². The number of thiocarbonyl (C=S) groups is 1. The van der Waals surface area contributed by atoms with Gasteiger partial charge in [0.25, 0.3) is 0 Å². The van der Waals surface area contributed by atoms with Crippen molar-refractivity contribution in [3.05, 3.63) is 54.1 Å². The van der Waals surface area contributed by atoms with E-state index in [4.69, 9.17) is 15.2 Å². The number of hydrazone groups is 1. The molecular formula is C16H16N4O3S. The Morgan fingerprint density at radius 3 is 2.62 bits per heavy atom. The maximum Gasteiger partial charge on any atom is 0.417 e. The van der Waals surface area contributed by atoms with E-state index in [-0.39, 0.29) is 10.9 Å². The molecule has 2 aromatic carbocycles. The van der Waals surface area contributed by atoms with Crippen molar-refractivity contribution in [3.63, 3.8) is 0 Å². The van der Waals surface area contributed by atoms with Crippen LogP contribution in [-0.4, -0.2) is 24.5 Å². The number of nitrogens with two attached hydrogens (primary N) is 1. The second kappa shape index (κ2) is 8.49. The molecule has 0 fully saturated rings. The molecule has 0 aliphatic carbocycles. The molecule has 24 heavy (non-hydrogen) atoms. The summed E-state index contributed by atoms with van der Waals surface area (Å²) in [5.74, 6) is 0.669. The number of rotatable bonds is 5. The van der Waals surface area contributed by atoms with Crippen LogP contribution < -0.4 is 25.9 Å². The van der Waals surface area contributed by atoms with E-state index < -0.39 is 6.09 Å². The first kappa shape index (κ1) is 17.2. The van der Waals surface area contributed by atoms with E-state index in [9.17, 15) is 4.79 Å². The van der Waals surface area contributed by atoms with Crippen molar-refractivity contribution < 1.29 is 14.3 Å². The Labute approximate surface area is 144 Å². The third-order valence-corrected chi connectivity index (χ3v) is 2.89. The molecule has 0 atom stereocenters. The van der Waals surface area contributed by atoms with Gasteiger partial charge in [0, 0.05) is 5.69 Å². The summed E-state index contributed by atoms with van der Waals surface area (Å²) in [7, 11) is 1.48. The first-order valence-corrected chi connectivity index (χ1v) is 7.29. The van der Waals surface area contributed by atoms with Crippen LogP contribution in [0.25, 0.3) is 0 Å². The van der Waals surface area contributed by atoms with Gasteiger partial charge < -0.3 is 15.2 Å². The van der Waals surface area contributed by atoms with E-state index in [1.165, 1.54) is 13.3 Å². The first-order chi connectivity index (χ1) is 11.6. The fourth-order valence-corrected chi connectivity index (χ4v) is 1.84. The average molecular weight is 344 g/mol. The molecule has 1 amide bonds. The Hall–Kier alpha value is -3.13. The highest BCUT2D eigenvalue weighted by Gasteiger charge is 2.10. The molecule has 7 nitrogen and oxygen atoms in total. The standard InChI is InChI=1S/C16H16N4O3S/c1-22-14-9-11(10-18-20-15(17)24)7-8-13(14)23-16(21)19-12-5-3-2-4-6-12/h2-10H,1H3,(H,19,21)(H3,17,20,24). The average Bonchev–Trinajstić information content (AvgIpc) is 2.56. The second-order valence-electron chi connectivity index (χ2n) is 4.53. The molecule has 2 aromatic rings. The Balaban J connectivity index is 2.05. The third-order valence-electron chi connectivity index (χ3n) is 2.80. The minimum absolute atomic E-state index is 0.0655. The second-order valence-corrected chi connectivity index (χ2v) is 4.96. The zero-order chi connectivity index (χ0) is 17.4. The number of hydrogen-bond donors (Lipinski definition) is 3. The van der Waals surface area contributed by atoms with Gasteiger partial charge in [-0.1, -0.05) is 18.2 Å². The van der Waals surface area contributed by atoms with Crippen LogP contribution in [0.5, 0.6) is 11.5 Å². The van der Waals surface area contributed by atoms with Gasteiger partial charge in [0.05, 0.1) is 13.3 Å². The van der Waals surface area contributed by atoms with Crippen LogP contribution in [0.2, 0.25) is 0 Å². The van der Waals surface area contributed by atoms with Crippen molar-refractivity contribution in [1.82, 2.24) is 5.43 Å². The van der Waals surface area contributed by atoms with Gasteiger partial charge in [0.1, 0.15) is 0 Å². The number of carbonyl (C=O) groups excluding carboxylic acids is 1. The zero-order valence-corrected chi connectivity index (χ0v) is 13.7. The predicted molar refractivity (Wildman–Crippen MR) is 96.6 cm³/mol. The molecule has 0 heterocycles. The molecule has 0 aliphatic heterocycles. The molecule has 124 valence electrons. The molecule has 0 saturated carbocycles. The molecule has 0 spiro atoms. The molecule has 0 aliphatic rings. The van der Waals surface area contributed by atoms with Crippen LogP contribution in [-0.2, 0) is 0 Å². The fraction of sp³-hybridized carbons (Fsp3) is 0.0625. The van der Waals surface area contributed by atoms with Crippen LogP contribution in [0.3, 0.4) is 0 Å². The summed E-state index contributed by atoms with van der Waals surface area (Å²) in [6.45, 7) is 0. The number of hydrogen-bond acceptors (Lipinski definition) is 5. The molecule has 0 radical (unpaired) electrons. The monoisotopic (exact) mass is 344 g/mol. The lowest BCUT2D eigenvalue weighted by molar-refractivity contribution is 0.213. The van der Waals surface area contributed by atoms with Gasteiger partial charge in [-0.15, -0.1) is 0 Å². The van der Waals surface area contributed by atoms with Crippen molar-refractivity contribution in [2.45, 2.75) is 0 Å². The highest BCUT2D eigenvalue weighted by atomic mass is 32.1. The van der Waals surface area contributed by atoms with E-state index >= 15 is 0 Å². The summed E-state index contributed by atoms with van der Waals surface area (Å²) in [4.78, 5) is 11.9. The lowest BCUT2D eigenvalue weighted by atomic mass is 10.2. The van der Waals surface area contributed by atoms with Gasteiger partial charge in [-0.2, -0.15) is 5.10 Å². The summed E-state index contributed by atoms with van der Waals surface area (Å²) in [6.07, 6.45) is 0.895. The molecule has 0 saturated heterocycles. The van der Waals surface area contributed by atoms with Crippen LogP contribution in [0, 0.1) is 0 Å². The number of methoxy groups -OCH3 is 1. The van der Waals surface area contributed by atoms with Crippen LogP contribution in [0.1, 0.15) is 5.56 Å². The number of para-hydroxylation sites is 1. The first-order valence-electron chi connectivity index (χ1n) is 6.89. The van der Waals surface area contributed by atoms with E-state index in [2.05, 4.69) is 28.1 Å². The van der Waals surface area contributed by atoms with E-state index in [1.807, 2.05) is 18.2 Å². The Morgan fingerprint density at radius 2 is 1.96 bits per heavy atom. The van der Waals surface area contributed by atoms with Gasteiger partial charge >= 0.3 is 6.09 Å². The molecule has 0 unspecified atom stereocenters. The largest absolute Gasteiger partial charge is 0.493 e. The molecule has 0 bridgehead atoms. The normalized spacial score (nSPS) is 10.2. The lowest BCUT2D eigenvalue weighted by Crippen LogP contribution is -2.24. The van der Waals surface area contributed by atoms with E-state index in [1.54, 1.807) is 30.3 Å². The Morgan fingerprint density at radius 1 is 1.21 bits per heavy atom. The SMILES string of the molecule is COc1cc(C=NNC(N)=S)ccc1OC(=O)Nc1ccccc1. The molecule has 8 heteroatoms. The van der Waals surface area contributed by atoms with Gasteiger partial charge in [-0.05, 0) is 48.1 Å². The molecule has 4 N–H and O–H groups in total. The van der Waals surface area contributed by atoms with Gasteiger partial charge in [0.15, 0.2) is 16.6 Å². The van der Waals surface area contributed by atoms with Crippen LogP contribution in [0.15, 0.2) is 53.6 Å². The molecular weight excluding hydrogens is 328 g/mol. The fourth-order valence-electron chi connectivity index (χ4n) is 1.78. The van der Waals surface area contributed by atoms with Crippen molar-refractivity contribution in [2.24, 2.45) is 10.8 Å². The molecule has 0 aromatic heterocycles. The van der Waals surface area contributed by atoms with Crippen LogP contribution in [0.4, 0.5) is 10.5 Å². The summed E-state index contributed by atoms with van der Waals surface area (Å²) < 4.78 is 10.5. The summed E-state index contributed by atoms with van der Waals surface area (Å²) >= 11 is 4.65. The number of benzene rings is 2. The summed E-state index contributed by atoms with van der Waals surface area (Å²) in [6, 6.07) is 14.0. The Kier molecular flexibility index (Phi) is 6.09. The minimum atomic E-state index is -0.615. The molecule has 2 rings (SSSR count). The highest BCUT2D eigenvalue weighted by Crippen LogP contribution is 2.28. The van der Waals surface area contributed by atoms with Crippen LogP contribution >= 0.6 is 12.2 Å². The number of carbonyl (C=O) groups is 1. The number of anilines is 1. The van der Waals surface area contributed by atoms with Crippen molar-refractivity contribution in [1.29, 1.82) is 0 Å². The number of amides is 1. The predicted octanol–water partition coefficient (Wildman–Crippen LogP) is 2.47. The number of ether oxygens (including phenoxy) is 2. The summed E-state index contributed by atoms with van der Waals surface area (Å²) in [5.41, 5.74) is 9.07. The van der Waals surface area contributed by atoms with Crippen molar-refractivity contribution >= 4 is 35.3 Å². The Bertz CT molecular complexity index is 750. The highest BCUT2D eigenvalue weighted by molar-refractivity contribution is 7.80. The maximum absolute atomic E-state index is 11.9. The topological polar surface area (TPSA) is 98.0 Å². The van der Waals surface area contributed by atoms with Gasteiger partial charge in [0.2, 0.25) is 0 Å². The third kappa shape index (κ3) is 5.25. The summed E-state index contributed by atoms with van der Waals surface area (Å²) in [5, 5.41) is 6.53. The zero-order valence-electron chi connectivity index (χ0n) is 12.9. The van der Waals surface area contributed by atoms with Gasteiger partial charge in [-0.25, -0.2) is 4.79 Å².